The molecule has 0 aliphatic rings. The van der Waals surface area contributed by atoms with E-state index < -0.39 is 0 Å². The fraction of sp³-hybridized carbons (Fsp3) is 0.375. The predicted molar refractivity (Wildman–Crippen MR) is 48.5 cm³/mol. The Bertz CT molecular complexity index is 228. The Morgan fingerprint density at radius 1 is 1.91 bits per heavy atom. The maximum absolute atomic E-state index is 5.85. The summed E-state index contributed by atoms with van der Waals surface area (Å²) in [5.74, 6) is 0. The Morgan fingerprint density at radius 2 is 2.64 bits per heavy atom. The van der Waals surface area contributed by atoms with E-state index in [1.54, 1.807) is 16.8 Å². The second-order valence-corrected chi connectivity index (χ2v) is 3.59. The highest BCUT2D eigenvalue weighted by molar-refractivity contribution is 7.09. The van der Waals surface area contributed by atoms with E-state index in [0.717, 1.165) is 16.9 Å². The lowest BCUT2D eigenvalue weighted by Gasteiger charge is -2.07. The quantitative estimate of drug-likeness (QED) is 0.702. The van der Waals surface area contributed by atoms with Crippen LogP contribution >= 0.6 is 11.3 Å². The van der Waals surface area contributed by atoms with E-state index in [9.17, 15) is 0 Å². The Morgan fingerprint density at radius 3 is 3.09 bits per heavy atom. The number of hydrogen-bond donors (Lipinski definition) is 1. The van der Waals surface area contributed by atoms with Crippen LogP contribution in [0.15, 0.2) is 23.9 Å². The molecule has 11 heavy (non-hydrogen) atoms. The molecule has 1 unspecified atom stereocenters. The lowest BCUT2D eigenvalue weighted by molar-refractivity contribution is 0.729. The minimum Gasteiger partial charge on any atom is -0.323 e. The molecule has 0 saturated carbocycles. The molecule has 1 rings (SSSR count). The molecule has 0 saturated heterocycles. The average Bonchev–Trinajstić information content (AvgIpc) is 2.35. The molecule has 0 fully saturated rings. The molecule has 0 aliphatic carbocycles. The smallest absolute Gasteiger partial charge is 0.0794 e. The van der Waals surface area contributed by atoms with Gasteiger partial charge in [0.25, 0.3) is 0 Å². The van der Waals surface area contributed by atoms with E-state index in [1.807, 2.05) is 13.1 Å². The molecule has 3 heteroatoms. The average molecular weight is 168 g/mol. The zero-order chi connectivity index (χ0) is 8.27. The van der Waals surface area contributed by atoms with Crippen molar-refractivity contribution in [2.24, 2.45) is 5.73 Å². The molecule has 0 bridgehead atoms. The van der Waals surface area contributed by atoms with Crippen LogP contribution in [-0.2, 0) is 0 Å². The molecule has 1 heterocycles. The molecule has 0 spiro atoms. The van der Waals surface area contributed by atoms with Crippen LogP contribution in [0.4, 0.5) is 0 Å². The van der Waals surface area contributed by atoms with Crippen molar-refractivity contribution < 1.29 is 0 Å². The van der Waals surface area contributed by atoms with Crippen LogP contribution in [0.3, 0.4) is 0 Å². The van der Waals surface area contributed by atoms with E-state index in [0.29, 0.717) is 0 Å². The molecule has 2 N–H and O–H groups in total. The molecule has 0 amide bonds. The van der Waals surface area contributed by atoms with E-state index >= 15 is 0 Å². The largest absolute Gasteiger partial charge is 0.323 e. The summed E-state index contributed by atoms with van der Waals surface area (Å²) in [7, 11) is 0. The first-order valence-corrected chi connectivity index (χ1v) is 4.36. The second-order valence-electron chi connectivity index (χ2n) is 2.67. The van der Waals surface area contributed by atoms with Gasteiger partial charge in [-0.1, -0.05) is 5.57 Å². The van der Waals surface area contributed by atoms with Crippen molar-refractivity contribution in [1.29, 1.82) is 0 Å². The van der Waals surface area contributed by atoms with Crippen LogP contribution in [0, 0.1) is 0 Å². The zero-order valence-corrected chi connectivity index (χ0v) is 7.40. The van der Waals surface area contributed by atoms with Gasteiger partial charge < -0.3 is 5.73 Å². The van der Waals surface area contributed by atoms with E-state index in [4.69, 9.17) is 5.73 Å². The van der Waals surface area contributed by atoms with Gasteiger partial charge in [-0.15, -0.1) is 17.9 Å². The van der Waals surface area contributed by atoms with Crippen LogP contribution < -0.4 is 5.73 Å². The lowest BCUT2D eigenvalue weighted by Crippen LogP contribution is -2.08. The molecule has 0 radical (unpaired) electrons. The molecule has 1 aromatic rings. The van der Waals surface area contributed by atoms with E-state index in [1.165, 1.54) is 0 Å². The van der Waals surface area contributed by atoms with Gasteiger partial charge in [-0.3, -0.25) is 4.98 Å². The first-order valence-electron chi connectivity index (χ1n) is 3.48. The summed E-state index contributed by atoms with van der Waals surface area (Å²) >= 11 is 1.60. The van der Waals surface area contributed by atoms with E-state index in [-0.39, 0.29) is 6.04 Å². The monoisotopic (exact) mass is 168 g/mol. The molecule has 0 aliphatic heterocycles. The minimum atomic E-state index is 0.0833. The Hall–Kier alpha value is -0.670. The SMILES string of the molecule is C=C(C)CC(N)c1cncs1. The highest BCUT2D eigenvalue weighted by Crippen LogP contribution is 2.20. The van der Waals surface area contributed by atoms with Crippen LogP contribution in [0.25, 0.3) is 0 Å². The van der Waals surface area contributed by atoms with Crippen molar-refractivity contribution in [3.63, 3.8) is 0 Å². The summed E-state index contributed by atoms with van der Waals surface area (Å²) in [5.41, 5.74) is 8.77. The molecule has 60 valence electrons. The molecule has 0 aromatic carbocycles. The first kappa shape index (κ1) is 8.43. The fourth-order valence-corrected chi connectivity index (χ4v) is 1.51. The summed E-state index contributed by atoms with van der Waals surface area (Å²) in [4.78, 5) is 5.09. The van der Waals surface area contributed by atoms with Crippen molar-refractivity contribution in [2.45, 2.75) is 19.4 Å². The summed E-state index contributed by atoms with van der Waals surface area (Å²) < 4.78 is 0. The predicted octanol–water partition coefficient (Wildman–Crippen LogP) is 2.11. The molecule has 1 aromatic heterocycles. The first-order chi connectivity index (χ1) is 5.20. The third kappa shape index (κ3) is 2.44. The number of rotatable bonds is 3. The van der Waals surface area contributed by atoms with E-state index in [2.05, 4.69) is 11.6 Å². The Labute approximate surface area is 70.8 Å². The number of hydrogen-bond acceptors (Lipinski definition) is 3. The van der Waals surface area contributed by atoms with Gasteiger partial charge in [0, 0.05) is 17.1 Å². The lowest BCUT2D eigenvalue weighted by atomic mass is 10.1. The normalized spacial score (nSPS) is 12.9. The minimum absolute atomic E-state index is 0.0833. The molecule has 1 atom stereocenters. The van der Waals surface area contributed by atoms with Gasteiger partial charge in [-0.05, 0) is 13.3 Å². The van der Waals surface area contributed by atoms with Crippen molar-refractivity contribution >= 4 is 11.3 Å². The maximum Gasteiger partial charge on any atom is 0.0794 e. The van der Waals surface area contributed by atoms with Crippen molar-refractivity contribution in [2.75, 3.05) is 0 Å². The highest BCUT2D eigenvalue weighted by Gasteiger charge is 2.06. The van der Waals surface area contributed by atoms with Crippen LogP contribution in [0.2, 0.25) is 0 Å². The van der Waals surface area contributed by atoms with Crippen LogP contribution in [-0.4, -0.2) is 4.98 Å². The number of aromatic nitrogens is 1. The number of nitrogens with zero attached hydrogens (tertiary/aromatic N) is 1. The summed E-state index contributed by atoms with van der Waals surface area (Å²) in [6.45, 7) is 5.80. The zero-order valence-electron chi connectivity index (χ0n) is 6.58. The van der Waals surface area contributed by atoms with Crippen LogP contribution in [0.1, 0.15) is 24.3 Å². The van der Waals surface area contributed by atoms with Gasteiger partial charge >= 0.3 is 0 Å². The Kier molecular flexibility index (Phi) is 2.79. The number of thiazole rings is 1. The maximum atomic E-state index is 5.85. The van der Waals surface area contributed by atoms with Crippen molar-refractivity contribution in [3.05, 3.63) is 28.7 Å². The van der Waals surface area contributed by atoms with Crippen molar-refractivity contribution in [1.82, 2.24) is 4.98 Å². The van der Waals surface area contributed by atoms with Gasteiger partial charge in [-0.25, -0.2) is 0 Å². The summed E-state index contributed by atoms with van der Waals surface area (Å²) in [6.07, 6.45) is 2.67. The second kappa shape index (κ2) is 3.64. The van der Waals surface area contributed by atoms with Gasteiger partial charge in [0.1, 0.15) is 0 Å². The van der Waals surface area contributed by atoms with Crippen LogP contribution in [0.5, 0.6) is 0 Å². The van der Waals surface area contributed by atoms with Gasteiger partial charge in [0.05, 0.1) is 5.51 Å². The molecular weight excluding hydrogens is 156 g/mol. The molecule has 2 nitrogen and oxygen atoms in total. The third-order valence-corrected chi connectivity index (χ3v) is 2.29. The van der Waals surface area contributed by atoms with Gasteiger partial charge in [0.2, 0.25) is 0 Å². The van der Waals surface area contributed by atoms with Gasteiger partial charge in [0.15, 0.2) is 0 Å². The fourth-order valence-electron chi connectivity index (χ4n) is 0.885. The third-order valence-electron chi connectivity index (χ3n) is 1.39. The highest BCUT2D eigenvalue weighted by atomic mass is 32.1. The van der Waals surface area contributed by atoms with Crippen molar-refractivity contribution in [3.8, 4) is 0 Å². The van der Waals surface area contributed by atoms with Gasteiger partial charge in [-0.2, -0.15) is 0 Å². The summed E-state index contributed by atoms with van der Waals surface area (Å²) in [6, 6.07) is 0.0833. The Balaban J connectivity index is 2.56. The summed E-state index contributed by atoms with van der Waals surface area (Å²) in [5, 5.41) is 0. The molecular formula is C8H12N2S. The topological polar surface area (TPSA) is 38.9 Å². The number of nitrogens with two attached hydrogens (primary N) is 1. The standard InChI is InChI=1S/C8H12N2S/c1-6(2)3-7(9)8-4-10-5-11-8/h4-5,7H,1,3,9H2,2H3.